The smallest absolute Gasteiger partial charge is 0.118 e. The van der Waals surface area contributed by atoms with Gasteiger partial charge in [-0.3, -0.25) is 0 Å². The van der Waals surface area contributed by atoms with Gasteiger partial charge in [0.15, 0.2) is 0 Å². The minimum Gasteiger partial charge on any atom is -0.362 e. The Morgan fingerprint density at radius 1 is 1.27 bits per heavy atom. The molecule has 0 saturated carbocycles. The highest BCUT2D eigenvalue weighted by atomic mass is 16.5. The van der Waals surface area contributed by atoms with Crippen LogP contribution in [0.15, 0.2) is 12.7 Å². The Labute approximate surface area is 94.9 Å². The van der Waals surface area contributed by atoms with Crippen molar-refractivity contribution < 1.29 is 4.74 Å². The minimum absolute atomic E-state index is 0.0193. The van der Waals surface area contributed by atoms with Gasteiger partial charge in [0, 0.05) is 0 Å². The predicted octanol–water partition coefficient (Wildman–Crippen LogP) is 3.94. The SMILES string of the molecule is C#CC(CCCCCCCC)OCC=C. The van der Waals surface area contributed by atoms with Crippen LogP contribution in [0.2, 0.25) is 0 Å². The first kappa shape index (κ1) is 14.3. The molecule has 1 unspecified atom stereocenters. The Morgan fingerprint density at radius 2 is 1.93 bits per heavy atom. The van der Waals surface area contributed by atoms with E-state index in [2.05, 4.69) is 19.4 Å². The lowest BCUT2D eigenvalue weighted by atomic mass is 10.1. The zero-order chi connectivity index (χ0) is 11.4. The van der Waals surface area contributed by atoms with Crippen molar-refractivity contribution in [3.05, 3.63) is 12.7 Å². The number of hydrogen-bond donors (Lipinski definition) is 0. The molecule has 0 fully saturated rings. The second-order valence-corrected chi connectivity index (χ2v) is 3.83. The molecular weight excluding hydrogens is 184 g/mol. The van der Waals surface area contributed by atoms with Crippen LogP contribution in [0.3, 0.4) is 0 Å². The Hall–Kier alpha value is -0.740. The second kappa shape index (κ2) is 11.3. The van der Waals surface area contributed by atoms with Crippen LogP contribution in [-0.2, 0) is 4.74 Å². The molecule has 0 aromatic rings. The minimum atomic E-state index is -0.0193. The molecule has 0 rings (SSSR count). The fraction of sp³-hybridized carbons (Fsp3) is 0.714. The summed E-state index contributed by atoms with van der Waals surface area (Å²) in [5.41, 5.74) is 0. The number of hydrogen-bond acceptors (Lipinski definition) is 1. The van der Waals surface area contributed by atoms with Gasteiger partial charge < -0.3 is 4.74 Å². The lowest BCUT2D eigenvalue weighted by Gasteiger charge is -2.10. The summed E-state index contributed by atoms with van der Waals surface area (Å²) < 4.78 is 5.41. The second-order valence-electron chi connectivity index (χ2n) is 3.83. The quantitative estimate of drug-likeness (QED) is 0.300. The van der Waals surface area contributed by atoms with Crippen LogP contribution in [0.5, 0.6) is 0 Å². The van der Waals surface area contributed by atoms with E-state index < -0.39 is 0 Å². The third-order valence-electron chi connectivity index (χ3n) is 2.42. The topological polar surface area (TPSA) is 9.23 Å². The summed E-state index contributed by atoms with van der Waals surface area (Å²) in [5.74, 6) is 2.67. The number of unbranched alkanes of at least 4 members (excludes halogenated alkanes) is 5. The lowest BCUT2D eigenvalue weighted by Crippen LogP contribution is -2.10. The van der Waals surface area contributed by atoms with Crippen molar-refractivity contribution >= 4 is 0 Å². The molecule has 0 spiro atoms. The average molecular weight is 208 g/mol. The molecule has 0 radical (unpaired) electrons. The highest BCUT2D eigenvalue weighted by molar-refractivity contribution is 4.94. The van der Waals surface area contributed by atoms with Crippen molar-refractivity contribution in [3.8, 4) is 12.3 Å². The fourth-order valence-electron chi connectivity index (χ4n) is 1.51. The van der Waals surface area contributed by atoms with E-state index in [1.54, 1.807) is 6.08 Å². The maximum atomic E-state index is 5.41. The highest BCUT2D eigenvalue weighted by Crippen LogP contribution is 2.09. The van der Waals surface area contributed by atoms with Crippen molar-refractivity contribution in [1.29, 1.82) is 0 Å². The summed E-state index contributed by atoms with van der Waals surface area (Å²) >= 11 is 0. The van der Waals surface area contributed by atoms with Crippen LogP contribution in [0.4, 0.5) is 0 Å². The zero-order valence-corrected chi connectivity index (χ0v) is 10.0. The van der Waals surface area contributed by atoms with E-state index >= 15 is 0 Å². The van der Waals surface area contributed by atoms with E-state index in [9.17, 15) is 0 Å². The first-order chi connectivity index (χ1) is 7.35. The molecule has 0 N–H and O–H groups in total. The molecule has 1 atom stereocenters. The molecule has 0 aliphatic heterocycles. The van der Waals surface area contributed by atoms with Gasteiger partial charge in [0.1, 0.15) is 6.10 Å². The summed E-state index contributed by atoms with van der Waals surface area (Å²) in [7, 11) is 0. The van der Waals surface area contributed by atoms with Crippen molar-refractivity contribution in [2.24, 2.45) is 0 Å². The summed E-state index contributed by atoms with van der Waals surface area (Å²) in [4.78, 5) is 0. The number of terminal acetylenes is 1. The molecule has 0 aliphatic carbocycles. The van der Waals surface area contributed by atoms with E-state index in [1.807, 2.05) is 0 Å². The van der Waals surface area contributed by atoms with Crippen LogP contribution in [0, 0.1) is 12.3 Å². The molecule has 1 nitrogen and oxygen atoms in total. The molecule has 0 aromatic heterocycles. The number of rotatable bonds is 10. The van der Waals surface area contributed by atoms with Gasteiger partial charge in [0.25, 0.3) is 0 Å². The van der Waals surface area contributed by atoms with Gasteiger partial charge in [-0.1, -0.05) is 51.0 Å². The van der Waals surface area contributed by atoms with Gasteiger partial charge in [-0.2, -0.15) is 0 Å². The average Bonchev–Trinajstić information content (AvgIpc) is 2.27. The van der Waals surface area contributed by atoms with Gasteiger partial charge in [-0.25, -0.2) is 0 Å². The standard InChI is InChI=1S/C14H24O/c1-4-7-8-9-10-11-12-14(6-3)15-13-5-2/h3,5,14H,2,4,7-13H2,1H3. The maximum Gasteiger partial charge on any atom is 0.118 e. The van der Waals surface area contributed by atoms with Crippen LogP contribution < -0.4 is 0 Å². The van der Waals surface area contributed by atoms with Crippen molar-refractivity contribution in [1.82, 2.24) is 0 Å². The summed E-state index contributed by atoms with van der Waals surface area (Å²) in [5, 5.41) is 0. The van der Waals surface area contributed by atoms with Gasteiger partial charge in [-0.05, 0) is 12.8 Å². The van der Waals surface area contributed by atoms with E-state index in [0.29, 0.717) is 6.61 Å². The Morgan fingerprint density at radius 3 is 2.53 bits per heavy atom. The van der Waals surface area contributed by atoms with Crippen molar-refractivity contribution in [2.75, 3.05) is 6.61 Å². The van der Waals surface area contributed by atoms with Crippen LogP contribution in [0.1, 0.15) is 51.9 Å². The van der Waals surface area contributed by atoms with Crippen molar-refractivity contribution in [2.45, 2.75) is 58.0 Å². The lowest BCUT2D eigenvalue weighted by molar-refractivity contribution is 0.107. The molecular formula is C14H24O. The molecule has 0 aromatic carbocycles. The molecule has 0 saturated heterocycles. The molecule has 0 amide bonds. The normalized spacial score (nSPS) is 12.0. The first-order valence-electron chi connectivity index (χ1n) is 6.03. The third kappa shape index (κ3) is 9.56. The molecule has 15 heavy (non-hydrogen) atoms. The maximum absolute atomic E-state index is 5.41. The molecule has 1 heteroatoms. The van der Waals surface area contributed by atoms with E-state index in [-0.39, 0.29) is 6.10 Å². The third-order valence-corrected chi connectivity index (χ3v) is 2.42. The van der Waals surface area contributed by atoms with Gasteiger partial charge in [-0.15, -0.1) is 13.0 Å². The van der Waals surface area contributed by atoms with Gasteiger partial charge in [0.05, 0.1) is 6.61 Å². The Balaban J connectivity index is 3.31. The zero-order valence-electron chi connectivity index (χ0n) is 10.0. The fourth-order valence-corrected chi connectivity index (χ4v) is 1.51. The predicted molar refractivity (Wildman–Crippen MR) is 66.8 cm³/mol. The molecule has 0 heterocycles. The summed E-state index contributed by atoms with van der Waals surface area (Å²) in [6.45, 7) is 6.40. The van der Waals surface area contributed by atoms with Gasteiger partial charge >= 0.3 is 0 Å². The monoisotopic (exact) mass is 208 g/mol. The summed E-state index contributed by atoms with van der Waals surface area (Å²) in [6, 6.07) is 0. The van der Waals surface area contributed by atoms with E-state index in [1.165, 1.54) is 38.5 Å². The summed E-state index contributed by atoms with van der Waals surface area (Å²) in [6.07, 6.45) is 15.9. The molecule has 0 aliphatic rings. The Kier molecular flexibility index (Phi) is 10.8. The Bertz CT molecular complexity index is 178. The van der Waals surface area contributed by atoms with Gasteiger partial charge in [0.2, 0.25) is 0 Å². The first-order valence-corrected chi connectivity index (χ1v) is 6.03. The van der Waals surface area contributed by atoms with Crippen LogP contribution in [0.25, 0.3) is 0 Å². The highest BCUT2D eigenvalue weighted by Gasteiger charge is 2.03. The van der Waals surface area contributed by atoms with E-state index in [0.717, 1.165) is 6.42 Å². The van der Waals surface area contributed by atoms with Crippen LogP contribution >= 0.6 is 0 Å². The molecule has 0 bridgehead atoms. The van der Waals surface area contributed by atoms with E-state index in [4.69, 9.17) is 11.2 Å². The number of ether oxygens (including phenoxy) is 1. The van der Waals surface area contributed by atoms with Crippen LogP contribution in [-0.4, -0.2) is 12.7 Å². The van der Waals surface area contributed by atoms with Crippen molar-refractivity contribution in [3.63, 3.8) is 0 Å². The largest absolute Gasteiger partial charge is 0.362 e. The molecule has 86 valence electrons.